The summed E-state index contributed by atoms with van der Waals surface area (Å²) in [5.74, 6) is 0. The van der Waals surface area contributed by atoms with Crippen molar-refractivity contribution in [2.75, 3.05) is 10.6 Å². The summed E-state index contributed by atoms with van der Waals surface area (Å²) in [7, 11) is 0. The highest BCUT2D eigenvalue weighted by Crippen LogP contribution is 2.28. The van der Waals surface area contributed by atoms with E-state index in [1.807, 2.05) is 12.1 Å². The molecule has 0 saturated heterocycles. The molecule has 0 aliphatic rings. The minimum Gasteiger partial charge on any atom is -0.306 e. The summed E-state index contributed by atoms with van der Waals surface area (Å²) in [4.78, 5) is 12.0. The van der Waals surface area contributed by atoms with E-state index in [2.05, 4.69) is 20.8 Å². The normalized spacial score (nSPS) is 10.5. The maximum absolute atomic E-state index is 12.0. The lowest BCUT2D eigenvalue weighted by molar-refractivity contribution is 0.262. The average molecular weight is 400 g/mol. The van der Waals surface area contributed by atoms with Crippen LogP contribution in [-0.4, -0.2) is 16.2 Å². The number of hydrogen-bond donors (Lipinski definition) is 2. The predicted molar refractivity (Wildman–Crippen MR) is 99.5 cm³/mol. The van der Waals surface area contributed by atoms with Gasteiger partial charge in [-0.2, -0.15) is 0 Å². The molecule has 24 heavy (non-hydrogen) atoms. The summed E-state index contributed by atoms with van der Waals surface area (Å²) in [6.45, 7) is 0. The van der Waals surface area contributed by atoms with Crippen LogP contribution >= 0.6 is 46.1 Å². The number of nitrogens with zero attached hydrogens (tertiary/aromatic N) is 2. The van der Waals surface area contributed by atoms with Crippen molar-refractivity contribution < 1.29 is 4.79 Å². The van der Waals surface area contributed by atoms with E-state index in [0.717, 1.165) is 5.56 Å². The van der Waals surface area contributed by atoms with E-state index in [-0.39, 0.29) is 0 Å². The number of benzene rings is 2. The second-order valence-electron chi connectivity index (χ2n) is 4.62. The van der Waals surface area contributed by atoms with Crippen LogP contribution in [0.3, 0.4) is 0 Å². The monoisotopic (exact) mass is 398 g/mol. The Kier molecular flexibility index (Phi) is 5.20. The lowest BCUT2D eigenvalue weighted by Crippen LogP contribution is -2.19. The van der Waals surface area contributed by atoms with Gasteiger partial charge >= 0.3 is 6.03 Å². The molecule has 0 unspecified atom stereocenters. The van der Waals surface area contributed by atoms with Gasteiger partial charge in [0.15, 0.2) is 0 Å². The summed E-state index contributed by atoms with van der Waals surface area (Å²) >= 11 is 18.9. The van der Waals surface area contributed by atoms with Crippen molar-refractivity contribution >= 4 is 63.0 Å². The number of anilines is 2. The van der Waals surface area contributed by atoms with Gasteiger partial charge in [0.2, 0.25) is 5.13 Å². The Morgan fingerprint density at radius 3 is 2.33 bits per heavy atom. The van der Waals surface area contributed by atoms with Gasteiger partial charge in [0.1, 0.15) is 5.01 Å². The third kappa shape index (κ3) is 4.15. The SMILES string of the molecule is O=C(Nc1nnc(-c2ccc(Cl)cc2)s1)Nc1ccc(Cl)cc1Cl. The van der Waals surface area contributed by atoms with E-state index in [4.69, 9.17) is 34.8 Å². The largest absolute Gasteiger partial charge is 0.325 e. The summed E-state index contributed by atoms with van der Waals surface area (Å²) in [5.41, 5.74) is 1.31. The summed E-state index contributed by atoms with van der Waals surface area (Å²) in [5, 5.41) is 15.7. The zero-order valence-electron chi connectivity index (χ0n) is 11.9. The number of urea groups is 1. The molecule has 122 valence electrons. The number of rotatable bonds is 3. The van der Waals surface area contributed by atoms with Crippen molar-refractivity contribution in [3.05, 3.63) is 57.5 Å². The highest BCUT2D eigenvalue weighted by molar-refractivity contribution is 7.18. The van der Waals surface area contributed by atoms with Gasteiger partial charge in [-0.1, -0.05) is 58.3 Å². The number of nitrogens with one attached hydrogen (secondary N) is 2. The van der Waals surface area contributed by atoms with Gasteiger partial charge in [-0.25, -0.2) is 4.79 Å². The van der Waals surface area contributed by atoms with Gasteiger partial charge in [0, 0.05) is 15.6 Å². The smallest absolute Gasteiger partial charge is 0.306 e. The van der Waals surface area contributed by atoms with Crippen LogP contribution in [0, 0.1) is 0 Å². The van der Waals surface area contributed by atoms with Crippen molar-refractivity contribution in [2.45, 2.75) is 0 Å². The topological polar surface area (TPSA) is 66.9 Å². The molecule has 0 bridgehead atoms. The van der Waals surface area contributed by atoms with Crippen LogP contribution in [-0.2, 0) is 0 Å². The van der Waals surface area contributed by atoms with E-state index >= 15 is 0 Å². The molecule has 0 aliphatic heterocycles. The van der Waals surface area contributed by atoms with Gasteiger partial charge in [-0.15, -0.1) is 10.2 Å². The Morgan fingerprint density at radius 2 is 1.62 bits per heavy atom. The summed E-state index contributed by atoms with van der Waals surface area (Å²) < 4.78 is 0. The van der Waals surface area contributed by atoms with Crippen molar-refractivity contribution in [3.8, 4) is 10.6 Å². The summed E-state index contributed by atoms with van der Waals surface area (Å²) in [6, 6.07) is 11.5. The highest BCUT2D eigenvalue weighted by Gasteiger charge is 2.11. The first-order valence-electron chi connectivity index (χ1n) is 6.64. The van der Waals surface area contributed by atoms with E-state index in [1.54, 1.807) is 30.3 Å². The molecule has 5 nitrogen and oxygen atoms in total. The standard InChI is InChI=1S/C15H9Cl3N4OS/c16-9-3-1-8(2-4-9)13-21-22-15(24-13)20-14(23)19-12-6-5-10(17)7-11(12)18/h1-7H,(H2,19,20,22,23). The molecule has 3 rings (SSSR count). The van der Waals surface area contributed by atoms with Gasteiger partial charge in [-0.05, 0) is 30.3 Å². The lowest BCUT2D eigenvalue weighted by Gasteiger charge is -2.07. The molecule has 0 spiro atoms. The quantitative estimate of drug-likeness (QED) is 0.584. The maximum Gasteiger partial charge on any atom is 0.325 e. The van der Waals surface area contributed by atoms with Gasteiger partial charge < -0.3 is 5.32 Å². The highest BCUT2D eigenvalue weighted by atomic mass is 35.5. The molecule has 0 aliphatic carbocycles. The predicted octanol–water partition coefficient (Wildman–Crippen LogP) is 5.81. The fourth-order valence-corrected chi connectivity index (χ4v) is 3.15. The van der Waals surface area contributed by atoms with Crippen molar-refractivity contribution in [1.29, 1.82) is 0 Å². The second kappa shape index (κ2) is 7.36. The second-order valence-corrected chi connectivity index (χ2v) is 6.88. The first-order chi connectivity index (χ1) is 11.5. The molecule has 0 radical (unpaired) electrons. The Labute approximate surface area is 156 Å². The first kappa shape index (κ1) is 17.0. The van der Waals surface area contributed by atoms with Crippen LogP contribution in [0.2, 0.25) is 15.1 Å². The zero-order chi connectivity index (χ0) is 17.1. The number of carbonyl (C=O) groups is 1. The van der Waals surface area contributed by atoms with Crippen molar-refractivity contribution in [2.24, 2.45) is 0 Å². The molecule has 0 atom stereocenters. The Balaban J connectivity index is 1.68. The van der Waals surface area contributed by atoms with E-state index in [0.29, 0.717) is 30.9 Å². The van der Waals surface area contributed by atoms with Gasteiger partial charge in [0.05, 0.1) is 10.7 Å². The maximum atomic E-state index is 12.0. The van der Waals surface area contributed by atoms with Crippen LogP contribution in [0.15, 0.2) is 42.5 Å². The molecular formula is C15H9Cl3N4OS. The van der Waals surface area contributed by atoms with Crippen molar-refractivity contribution in [1.82, 2.24) is 10.2 Å². The number of carbonyl (C=O) groups excluding carboxylic acids is 1. The number of aromatic nitrogens is 2. The minimum absolute atomic E-state index is 0.344. The van der Waals surface area contributed by atoms with Crippen LogP contribution in [0.1, 0.15) is 0 Å². The Bertz CT molecular complexity index is 883. The van der Waals surface area contributed by atoms with Crippen LogP contribution in [0.5, 0.6) is 0 Å². The fourth-order valence-electron chi connectivity index (χ4n) is 1.82. The Hall–Kier alpha value is -1.86. The van der Waals surface area contributed by atoms with Gasteiger partial charge in [0.25, 0.3) is 0 Å². The average Bonchev–Trinajstić information content (AvgIpc) is 2.99. The molecule has 9 heteroatoms. The molecule has 1 aromatic heterocycles. The molecule has 2 N–H and O–H groups in total. The van der Waals surface area contributed by atoms with E-state index < -0.39 is 6.03 Å². The minimum atomic E-state index is -0.474. The van der Waals surface area contributed by atoms with Crippen LogP contribution in [0.4, 0.5) is 15.6 Å². The molecule has 2 aromatic carbocycles. The molecule has 1 heterocycles. The number of hydrogen-bond acceptors (Lipinski definition) is 4. The van der Waals surface area contributed by atoms with Crippen LogP contribution < -0.4 is 10.6 Å². The molecule has 0 fully saturated rings. The third-order valence-corrected chi connectivity index (χ3v) is 4.60. The van der Waals surface area contributed by atoms with Crippen LogP contribution in [0.25, 0.3) is 10.6 Å². The number of amides is 2. The van der Waals surface area contributed by atoms with E-state index in [1.165, 1.54) is 11.3 Å². The third-order valence-electron chi connectivity index (χ3n) is 2.92. The molecule has 0 saturated carbocycles. The molecular weight excluding hydrogens is 391 g/mol. The summed E-state index contributed by atoms with van der Waals surface area (Å²) in [6.07, 6.45) is 0. The Morgan fingerprint density at radius 1 is 0.917 bits per heavy atom. The van der Waals surface area contributed by atoms with E-state index in [9.17, 15) is 4.79 Å². The fraction of sp³-hybridized carbons (Fsp3) is 0. The number of halogens is 3. The van der Waals surface area contributed by atoms with Gasteiger partial charge in [-0.3, -0.25) is 5.32 Å². The first-order valence-corrected chi connectivity index (χ1v) is 8.59. The lowest BCUT2D eigenvalue weighted by atomic mass is 10.2. The molecule has 2 amide bonds. The molecule has 3 aromatic rings. The van der Waals surface area contributed by atoms with Crippen molar-refractivity contribution in [3.63, 3.8) is 0 Å². The zero-order valence-corrected chi connectivity index (χ0v) is 15.0.